The zero-order valence-electron chi connectivity index (χ0n) is 8.95. The fourth-order valence-corrected chi connectivity index (χ4v) is 3.12. The van der Waals surface area contributed by atoms with Gasteiger partial charge >= 0.3 is 0 Å². The van der Waals surface area contributed by atoms with Crippen molar-refractivity contribution < 1.29 is 4.79 Å². The number of halogens is 2. The minimum atomic E-state index is 0.124. The quantitative estimate of drug-likeness (QED) is 0.723. The fraction of sp³-hybridized carbons (Fsp3) is 0.154. The van der Waals surface area contributed by atoms with Gasteiger partial charge in [0.25, 0.3) is 0 Å². The molecule has 2 aromatic rings. The Hall–Kier alpha value is -0.640. The normalized spacial score (nSPS) is 10.5. The van der Waals surface area contributed by atoms with E-state index in [0.717, 1.165) is 10.9 Å². The van der Waals surface area contributed by atoms with Crippen molar-refractivity contribution in [1.29, 1.82) is 0 Å². The monoisotopic (exact) mass is 328 g/mol. The van der Waals surface area contributed by atoms with E-state index in [1.54, 1.807) is 23.5 Å². The number of carbonyl (C=O) groups excluding carboxylic acids is 1. The summed E-state index contributed by atoms with van der Waals surface area (Å²) in [6.07, 6.45) is 1.30. The summed E-state index contributed by atoms with van der Waals surface area (Å²) < 4.78 is 0.837. The zero-order valence-corrected chi connectivity index (χ0v) is 12.1. The van der Waals surface area contributed by atoms with Gasteiger partial charge in [-0.25, -0.2) is 0 Å². The lowest BCUT2D eigenvalue weighted by atomic mass is 10.0. The Morgan fingerprint density at radius 3 is 2.82 bits per heavy atom. The summed E-state index contributed by atoms with van der Waals surface area (Å²) in [5, 5.41) is 4.68. The van der Waals surface area contributed by atoms with Gasteiger partial charge in [-0.3, -0.25) is 4.79 Å². The minimum Gasteiger partial charge on any atom is -0.294 e. The Labute approximate surface area is 118 Å². The Kier molecular flexibility index (Phi) is 4.37. The van der Waals surface area contributed by atoms with E-state index in [9.17, 15) is 4.79 Å². The van der Waals surface area contributed by atoms with E-state index < -0.39 is 0 Å². The number of hydrogen-bond donors (Lipinski definition) is 0. The van der Waals surface area contributed by atoms with Crippen LogP contribution in [0.2, 0.25) is 5.02 Å². The molecule has 0 aliphatic rings. The number of aryl methyl sites for hydroxylation is 1. The van der Waals surface area contributed by atoms with Crippen molar-refractivity contribution in [3.8, 4) is 0 Å². The molecule has 1 heterocycles. The molecule has 0 aliphatic carbocycles. The van der Waals surface area contributed by atoms with E-state index in [0.29, 0.717) is 17.0 Å². The summed E-state index contributed by atoms with van der Waals surface area (Å²) in [6, 6.07) is 7.34. The Morgan fingerprint density at radius 1 is 1.35 bits per heavy atom. The predicted octanol–water partition coefficient (Wildman–Crippen LogP) is 4.98. The molecule has 17 heavy (non-hydrogen) atoms. The van der Waals surface area contributed by atoms with Crippen LogP contribution in [0.3, 0.4) is 0 Å². The van der Waals surface area contributed by atoms with Gasteiger partial charge in [0.15, 0.2) is 5.78 Å². The fourth-order valence-electron chi connectivity index (χ4n) is 1.55. The van der Waals surface area contributed by atoms with E-state index in [-0.39, 0.29) is 5.78 Å². The summed E-state index contributed by atoms with van der Waals surface area (Å²) in [5.41, 5.74) is 1.88. The van der Waals surface area contributed by atoms with Crippen molar-refractivity contribution in [3.05, 3.63) is 55.6 Å². The van der Waals surface area contributed by atoms with E-state index in [2.05, 4.69) is 21.3 Å². The summed E-state index contributed by atoms with van der Waals surface area (Å²) in [7, 11) is 0. The average Bonchev–Trinajstić information content (AvgIpc) is 2.77. The van der Waals surface area contributed by atoms with E-state index in [4.69, 9.17) is 11.6 Å². The number of Topliss-reactive ketones (excluding diaryl/α,β-unsaturated/α-hetero) is 1. The molecule has 0 radical (unpaired) electrons. The average molecular weight is 330 g/mol. The molecule has 0 amide bonds. The van der Waals surface area contributed by atoms with Gasteiger partial charge < -0.3 is 0 Å². The summed E-state index contributed by atoms with van der Waals surface area (Å²) in [6.45, 7) is 0. The van der Waals surface area contributed by atoms with Gasteiger partial charge in [0, 0.05) is 21.5 Å². The highest BCUT2D eigenvalue weighted by atomic mass is 79.9. The molecule has 4 heteroatoms. The number of ketones is 1. The van der Waals surface area contributed by atoms with E-state index in [1.807, 2.05) is 17.5 Å². The largest absolute Gasteiger partial charge is 0.294 e. The van der Waals surface area contributed by atoms with Crippen LogP contribution in [0.25, 0.3) is 0 Å². The standard InChI is InChI=1S/C13H10BrClOS/c14-11-5-10(6-12(15)7-11)13(16)2-1-9-3-4-17-8-9/h3-8H,1-2H2. The molecule has 2 rings (SSSR count). The van der Waals surface area contributed by atoms with Crippen molar-refractivity contribution in [2.45, 2.75) is 12.8 Å². The van der Waals surface area contributed by atoms with Crippen LogP contribution in [0.4, 0.5) is 0 Å². The molecule has 0 fully saturated rings. The number of hydrogen-bond acceptors (Lipinski definition) is 2. The van der Waals surface area contributed by atoms with Crippen LogP contribution in [0.5, 0.6) is 0 Å². The summed E-state index contributed by atoms with van der Waals surface area (Å²) >= 11 is 10.9. The number of benzene rings is 1. The highest BCUT2D eigenvalue weighted by molar-refractivity contribution is 9.10. The molecule has 1 aromatic heterocycles. The van der Waals surface area contributed by atoms with Crippen molar-refractivity contribution in [1.82, 2.24) is 0 Å². The van der Waals surface area contributed by atoms with Gasteiger partial charge in [0.05, 0.1) is 0 Å². The summed E-state index contributed by atoms with van der Waals surface area (Å²) in [4.78, 5) is 12.0. The zero-order chi connectivity index (χ0) is 12.3. The maximum absolute atomic E-state index is 12.0. The third-order valence-electron chi connectivity index (χ3n) is 2.41. The number of thiophene rings is 1. The van der Waals surface area contributed by atoms with Gasteiger partial charge in [-0.15, -0.1) is 0 Å². The van der Waals surface area contributed by atoms with E-state index >= 15 is 0 Å². The molecule has 0 unspecified atom stereocenters. The molecule has 0 spiro atoms. The first-order chi connectivity index (χ1) is 8.15. The minimum absolute atomic E-state index is 0.124. The van der Waals surface area contributed by atoms with Crippen LogP contribution in [0.15, 0.2) is 39.5 Å². The smallest absolute Gasteiger partial charge is 0.163 e. The number of rotatable bonds is 4. The van der Waals surface area contributed by atoms with Crippen LogP contribution in [0.1, 0.15) is 22.3 Å². The maximum atomic E-state index is 12.0. The molecule has 0 N–H and O–H groups in total. The molecule has 1 aromatic carbocycles. The second-order valence-electron chi connectivity index (χ2n) is 3.71. The first-order valence-electron chi connectivity index (χ1n) is 5.15. The molecule has 0 saturated heterocycles. The maximum Gasteiger partial charge on any atom is 0.163 e. The second-order valence-corrected chi connectivity index (χ2v) is 5.85. The third-order valence-corrected chi connectivity index (χ3v) is 3.81. The van der Waals surface area contributed by atoms with Crippen LogP contribution < -0.4 is 0 Å². The molecule has 0 saturated carbocycles. The van der Waals surface area contributed by atoms with Crippen LogP contribution in [-0.4, -0.2) is 5.78 Å². The third kappa shape index (κ3) is 3.66. The molecule has 0 bridgehead atoms. The van der Waals surface area contributed by atoms with Crippen LogP contribution in [-0.2, 0) is 6.42 Å². The Balaban J connectivity index is 2.04. The van der Waals surface area contributed by atoms with Crippen molar-refractivity contribution in [2.24, 2.45) is 0 Å². The molecule has 1 nitrogen and oxygen atoms in total. The molecular weight excluding hydrogens is 320 g/mol. The molecular formula is C13H10BrClOS. The summed E-state index contributed by atoms with van der Waals surface area (Å²) in [5.74, 6) is 0.124. The SMILES string of the molecule is O=C(CCc1ccsc1)c1cc(Cl)cc(Br)c1. The molecule has 0 atom stereocenters. The van der Waals surface area contributed by atoms with Crippen LogP contribution >= 0.6 is 38.9 Å². The highest BCUT2D eigenvalue weighted by Crippen LogP contribution is 2.21. The second kappa shape index (κ2) is 5.80. The first-order valence-corrected chi connectivity index (χ1v) is 7.27. The van der Waals surface area contributed by atoms with Gasteiger partial charge in [-0.2, -0.15) is 11.3 Å². The topological polar surface area (TPSA) is 17.1 Å². The van der Waals surface area contributed by atoms with Gasteiger partial charge in [-0.1, -0.05) is 27.5 Å². The highest BCUT2D eigenvalue weighted by Gasteiger charge is 2.08. The van der Waals surface area contributed by atoms with Crippen molar-refractivity contribution in [2.75, 3.05) is 0 Å². The van der Waals surface area contributed by atoms with Gasteiger partial charge in [0.2, 0.25) is 0 Å². The van der Waals surface area contributed by atoms with Gasteiger partial charge in [0.1, 0.15) is 0 Å². The van der Waals surface area contributed by atoms with Crippen molar-refractivity contribution in [3.63, 3.8) is 0 Å². The van der Waals surface area contributed by atoms with E-state index in [1.165, 1.54) is 5.56 Å². The lowest BCUT2D eigenvalue weighted by Gasteiger charge is -2.02. The molecule has 88 valence electrons. The van der Waals surface area contributed by atoms with Crippen LogP contribution in [0, 0.1) is 0 Å². The van der Waals surface area contributed by atoms with Gasteiger partial charge in [-0.05, 0) is 47.0 Å². The number of carbonyl (C=O) groups is 1. The van der Waals surface area contributed by atoms with Crippen molar-refractivity contribution >= 4 is 44.7 Å². The first kappa shape index (κ1) is 12.8. The lowest BCUT2D eigenvalue weighted by Crippen LogP contribution is -2.00. The Bertz CT molecular complexity index is 502. The predicted molar refractivity (Wildman–Crippen MR) is 76.1 cm³/mol. The molecule has 0 aliphatic heterocycles. The lowest BCUT2D eigenvalue weighted by molar-refractivity contribution is 0.0983. The Morgan fingerprint density at radius 2 is 2.18 bits per heavy atom.